The van der Waals surface area contributed by atoms with Crippen LogP contribution in [0.5, 0.6) is 0 Å². The van der Waals surface area contributed by atoms with Crippen molar-refractivity contribution in [3.8, 4) is 0 Å². The van der Waals surface area contributed by atoms with Crippen LogP contribution in [0.25, 0.3) is 22.1 Å². The first-order chi connectivity index (χ1) is 12.2. The summed E-state index contributed by atoms with van der Waals surface area (Å²) in [6, 6.07) is 18.8. The first kappa shape index (κ1) is 15.9. The summed E-state index contributed by atoms with van der Waals surface area (Å²) in [5.74, 6) is 1.81. The molecule has 2 heterocycles. The molecule has 0 N–H and O–H groups in total. The van der Waals surface area contributed by atoms with Gasteiger partial charge in [-0.2, -0.15) is 4.57 Å². The van der Waals surface area contributed by atoms with E-state index in [1.54, 1.807) is 0 Å². The highest BCUT2D eigenvalue weighted by molar-refractivity contribution is 7.18. The number of para-hydroxylation sites is 1. The van der Waals surface area contributed by atoms with Gasteiger partial charge in [0, 0.05) is 17.7 Å². The number of benzene rings is 2. The van der Waals surface area contributed by atoms with Gasteiger partial charge in [0.15, 0.2) is 0 Å². The second-order valence-corrected chi connectivity index (χ2v) is 7.09. The Hall–Kier alpha value is -2.65. The minimum Gasteiger partial charge on any atom is -0.461 e. The molecule has 0 aliphatic carbocycles. The predicted molar refractivity (Wildman–Crippen MR) is 105 cm³/mol. The largest absolute Gasteiger partial charge is 0.461 e. The molecule has 4 rings (SSSR count). The van der Waals surface area contributed by atoms with Crippen LogP contribution in [-0.2, 0) is 11.3 Å². The molecule has 1 aromatic heterocycles. The number of rotatable bonds is 3. The Labute approximate surface area is 152 Å². The minimum atomic E-state index is 0.899. The third-order valence-corrected chi connectivity index (χ3v) is 5.35. The smallest absolute Gasteiger partial charge is 0.263 e. The summed E-state index contributed by atoms with van der Waals surface area (Å²) >= 11 is 1.83. The summed E-state index contributed by atoms with van der Waals surface area (Å²) in [6.07, 6.45) is 6.46. The maximum absolute atomic E-state index is 5.93. The first-order valence-corrected chi connectivity index (χ1v) is 9.32. The van der Waals surface area contributed by atoms with Crippen LogP contribution in [0.2, 0.25) is 0 Å². The van der Waals surface area contributed by atoms with Gasteiger partial charge in [0.25, 0.3) is 5.01 Å². The van der Waals surface area contributed by atoms with Gasteiger partial charge in [0.2, 0.25) is 5.52 Å². The van der Waals surface area contributed by atoms with Crippen LogP contribution < -0.4 is 4.57 Å². The lowest BCUT2D eigenvalue weighted by Gasteiger charge is -2.15. The molecule has 0 spiro atoms. The van der Waals surface area contributed by atoms with E-state index in [1.165, 1.54) is 15.2 Å². The summed E-state index contributed by atoms with van der Waals surface area (Å²) in [5.41, 5.74) is 3.55. The van der Waals surface area contributed by atoms with E-state index in [0.717, 1.165) is 29.2 Å². The van der Waals surface area contributed by atoms with Crippen LogP contribution in [0, 0.1) is 0 Å². The van der Waals surface area contributed by atoms with Crippen LogP contribution in [0.3, 0.4) is 0 Å². The fourth-order valence-corrected chi connectivity index (χ4v) is 4.30. The van der Waals surface area contributed by atoms with E-state index in [9.17, 15) is 0 Å². The van der Waals surface area contributed by atoms with Crippen molar-refractivity contribution in [2.75, 3.05) is 0 Å². The van der Waals surface area contributed by atoms with Crippen molar-refractivity contribution in [3.05, 3.63) is 88.7 Å². The molecule has 0 radical (unpaired) electrons. The lowest BCUT2D eigenvalue weighted by Crippen LogP contribution is -2.33. The van der Waals surface area contributed by atoms with Gasteiger partial charge in [-0.15, -0.1) is 0 Å². The van der Waals surface area contributed by atoms with Gasteiger partial charge in [-0.3, -0.25) is 0 Å². The second kappa shape index (κ2) is 6.69. The molecule has 2 aromatic carbocycles. The van der Waals surface area contributed by atoms with Crippen molar-refractivity contribution < 1.29 is 9.30 Å². The number of allylic oxidation sites excluding steroid dienone is 4. The van der Waals surface area contributed by atoms with E-state index < -0.39 is 0 Å². The van der Waals surface area contributed by atoms with Crippen molar-refractivity contribution in [1.29, 1.82) is 0 Å². The van der Waals surface area contributed by atoms with Crippen molar-refractivity contribution in [2.24, 2.45) is 0 Å². The Morgan fingerprint density at radius 3 is 2.56 bits per heavy atom. The Morgan fingerprint density at radius 1 is 1.00 bits per heavy atom. The highest BCUT2D eigenvalue weighted by Crippen LogP contribution is 2.29. The molecule has 1 aliphatic heterocycles. The van der Waals surface area contributed by atoms with Gasteiger partial charge < -0.3 is 4.74 Å². The van der Waals surface area contributed by atoms with Crippen LogP contribution in [0.4, 0.5) is 0 Å². The number of aromatic nitrogens is 1. The molecule has 0 unspecified atom stereocenters. The molecule has 0 saturated carbocycles. The Balaban J connectivity index is 1.80. The number of thiazole rings is 1. The van der Waals surface area contributed by atoms with Crippen LogP contribution >= 0.6 is 11.3 Å². The van der Waals surface area contributed by atoms with Crippen molar-refractivity contribution >= 4 is 33.4 Å². The Bertz CT molecular complexity index is 1010. The Morgan fingerprint density at radius 2 is 1.76 bits per heavy atom. The van der Waals surface area contributed by atoms with Gasteiger partial charge in [0.05, 0.1) is 0 Å². The van der Waals surface area contributed by atoms with E-state index in [-0.39, 0.29) is 0 Å². The molecule has 2 nitrogen and oxygen atoms in total. The number of fused-ring (bicyclic) bond motifs is 1. The lowest BCUT2D eigenvalue weighted by molar-refractivity contribution is -0.665. The monoisotopic (exact) mass is 346 g/mol. The molecule has 3 heteroatoms. The van der Waals surface area contributed by atoms with Gasteiger partial charge in [-0.05, 0) is 37.6 Å². The number of hydrogen-bond donors (Lipinski definition) is 0. The van der Waals surface area contributed by atoms with Crippen molar-refractivity contribution in [3.63, 3.8) is 0 Å². The molecule has 1 aliphatic rings. The third-order valence-electron chi connectivity index (χ3n) is 4.24. The normalized spacial score (nSPS) is 15.8. The molecular formula is C22H20NOS+. The first-order valence-electron chi connectivity index (χ1n) is 8.51. The average Bonchev–Trinajstić information content (AvgIpc) is 2.99. The van der Waals surface area contributed by atoms with Gasteiger partial charge in [-0.25, -0.2) is 0 Å². The maximum Gasteiger partial charge on any atom is 0.263 e. The molecule has 0 fully saturated rings. The quantitative estimate of drug-likeness (QED) is 0.565. The zero-order valence-electron chi connectivity index (χ0n) is 14.4. The molecular weight excluding hydrogens is 326 g/mol. The second-order valence-electron chi connectivity index (χ2n) is 6.03. The van der Waals surface area contributed by atoms with Gasteiger partial charge >= 0.3 is 0 Å². The van der Waals surface area contributed by atoms with E-state index >= 15 is 0 Å². The molecule has 25 heavy (non-hydrogen) atoms. The van der Waals surface area contributed by atoms with Crippen LogP contribution in [0.1, 0.15) is 24.4 Å². The standard InChI is InChI=1S/C22H20NOS/c1-3-23-19-11-7-8-12-21(19)25-22(23)15-17-13-16(2)24-20(14-17)18-9-5-4-6-10-18/h4-15H,3H2,1-2H3/q+1. The summed E-state index contributed by atoms with van der Waals surface area (Å²) < 4.78 is 9.61. The van der Waals surface area contributed by atoms with E-state index in [0.29, 0.717) is 0 Å². The van der Waals surface area contributed by atoms with Gasteiger partial charge in [0.1, 0.15) is 22.8 Å². The number of nitrogens with zero attached hydrogens (tertiary/aromatic N) is 1. The summed E-state index contributed by atoms with van der Waals surface area (Å²) in [6.45, 7) is 5.15. The number of aryl methyl sites for hydroxylation is 1. The molecule has 0 bridgehead atoms. The van der Waals surface area contributed by atoms with Crippen molar-refractivity contribution in [2.45, 2.75) is 20.4 Å². The highest BCUT2D eigenvalue weighted by Gasteiger charge is 2.18. The molecule has 0 amide bonds. The fourth-order valence-electron chi connectivity index (χ4n) is 3.12. The van der Waals surface area contributed by atoms with Crippen molar-refractivity contribution in [1.82, 2.24) is 0 Å². The van der Waals surface area contributed by atoms with E-state index in [2.05, 4.69) is 66.1 Å². The molecule has 124 valence electrons. The average molecular weight is 346 g/mol. The molecule has 3 aromatic rings. The minimum absolute atomic E-state index is 0.899. The SMILES string of the molecule is CC[n+]1c(C=C2C=C(C)OC(c3ccccc3)=C2)sc2ccccc21. The third kappa shape index (κ3) is 3.15. The summed E-state index contributed by atoms with van der Waals surface area (Å²) in [5, 5.41) is 1.26. The van der Waals surface area contributed by atoms with E-state index in [4.69, 9.17) is 4.74 Å². The zero-order chi connectivity index (χ0) is 17.2. The van der Waals surface area contributed by atoms with Gasteiger partial charge in [-0.1, -0.05) is 53.8 Å². The van der Waals surface area contributed by atoms with Crippen LogP contribution in [-0.4, -0.2) is 0 Å². The summed E-state index contributed by atoms with van der Waals surface area (Å²) in [4.78, 5) is 0. The summed E-state index contributed by atoms with van der Waals surface area (Å²) in [7, 11) is 0. The lowest BCUT2D eigenvalue weighted by atomic mass is 10.1. The van der Waals surface area contributed by atoms with Crippen LogP contribution in [0.15, 0.2) is 78.1 Å². The molecule has 0 saturated heterocycles. The number of hydrogen-bond acceptors (Lipinski definition) is 2. The fraction of sp³-hybridized carbons (Fsp3) is 0.136. The number of ether oxygens (including phenoxy) is 1. The highest BCUT2D eigenvalue weighted by atomic mass is 32.1. The molecule has 0 atom stereocenters. The predicted octanol–water partition coefficient (Wildman–Crippen LogP) is 5.57. The Kier molecular flexibility index (Phi) is 4.24. The zero-order valence-corrected chi connectivity index (χ0v) is 15.2. The maximum atomic E-state index is 5.93. The van der Waals surface area contributed by atoms with E-state index in [1.807, 2.05) is 36.5 Å². The topological polar surface area (TPSA) is 13.1 Å².